The number of rotatable bonds is 1. The van der Waals surface area contributed by atoms with Gasteiger partial charge < -0.3 is 14.9 Å². The summed E-state index contributed by atoms with van der Waals surface area (Å²) >= 11 is 0. The van der Waals surface area contributed by atoms with Crippen molar-refractivity contribution in [2.75, 3.05) is 0 Å². The monoisotopic (exact) mass is 358 g/mol. The number of piperidine rings is 2. The van der Waals surface area contributed by atoms with Crippen LogP contribution in [-0.2, 0) is 0 Å². The summed E-state index contributed by atoms with van der Waals surface area (Å²) in [4.78, 5) is 17.7. The molecule has 4 fully saturated rings. The zero-order valence-electron chi connectivity index (χ0n) is 15.1. The Labute approximate surface area is 154 Å². The van der Waals surface area contributed by atoms with Crippen molar-refractivity contribution in [3.63, 3.8) is 0 Å². The largest absolute Gasteiger partial charge is 0.393 e. The molecule has 4 bridgehead atoms. The van der Waals surface area contributed by atoms with E-state index in [4.69, 9.17) is 0 Å². The van der Waals surface area contributed by atoms with Crippen LogP contribution in [-0.4, -0.2) is 51.2 Å². The van der Waals surface area contributed by atoms with E-state index in [1.807, 2.05) is 12.1 Å². The first-order valence-corrected chi connectivity index (χ1v) is 10.1. The summed E-state index contributed by atoms with van der Waals surface area (Å²) in [7, 11) is 0. The van der Waals surface area contributed by atoms with Crippen molar-refractivity contribution in [2.45, 2.75) is 87.6 Å². The van der Waals surface area contributed by atoms with Crippen LogP contribution in [0.5, 0.6) is 0 Å². The summed E-state index contributed by atoms with van der Waals surface area (Å²) < 4.78 is 13.2. The highest BCUT2D eigenvalue weighted by molar-refractivity contribution is 5.77. The second-order valence-electron chi connectivity index (χ2n) is 8.71. The number of nitrogens with zero attached hydrogens (tertiary/aromatic N) is 2. The zero-order chi connectivity index (χ0) is 17.8. The number of carbonyl (C=O) groups is 1. The number of hydrogen-bond acceptors (Lipinski definition) is 2. The van der Waals surface area contributed by atoms with E-state index in [-0.39, 0.29) is 30.0 Å². The second kappa shape index (κ2) is 6.22. The van der Waals surface area contributed by atoms with Crippen LogP contribution in [0.4, 0.5) is 9.18 Å². The summed E-state index contributed by atoms with van der Waals surface area (Å²) in [6, 6.07) is 8.19. The van der Waals surface area contributed by atoms with E-state index in [9.17, 15) is 14.3 Å². The molecule has 2 amide bonds. The molecule has 1 N–H and O–H groups in total. The van der Waals surface area contributed by atoms with Crippen molar-refractivity contribution in [2.24, 2.45) is 0 Å². The molecule has 26 heavy (non-hydrogen) atoms. The van der Waals surface area contributed by atoms with E-state index in [1.165, 1.54) is 5.56 Å². The van der Waals surface area contributed by atoms with Gasteiger partial charge in [-0.25, -0.2) is 9.18 Å². The normalized spacial score (nSPS) is 38.7. The molecule has 1 aromatic rings. The van der Waals surface area contributed by atoms with E-state index in [0.717, 1.165) is 51.4 Å². The minimum absolute atomic E-state index is 0.188. The second-order valence-corrected chi connectivity index (χ2v) is 8.71. The minimum atomic E-state index is -0.238. The third-order valence-corrected chi connectivity index (χ3v) is 7.22. The van der Waals surface area contributed by atoms with E-state index < -0.39 is 0 Å². The van der Waals surface area contributed by atoms with Gasteiger partial charge in [0.05, 0.1) is 6.10 Å². The predicted octanol–water partition coefficient (Wildman–Crippen LogP) is 3.64. The molecule has 0 saturated carbocycles. The fraction of sp³-hybridized carbons (Fsp3) is 0.667. The Hall–Kier alpha value is -1.62. The highest BCUT2D eigenvalue weighted by Crippen LogP contribution is 2.45. The lowest BCUT2D eigenvalue weighted by Gasteiger charge is -2.45. The summed E-state index contributed by atoms with van der Waals surface area (Å²) in [6.45, 7) is 0. The fourth-order valence-electron chi connectivity index (χ4n) is 6.09. The third kappa shape index (κ3) is 2.63. The van der Waals surface area contributed by atoms with Crippen LogP contribution < -0.4 is 0 Å². The van der Waals surface area contributed by atoms with E-state index in [0.29, 0.717) is 18.0 Å². The van der Waals surface area contributed by atoms with Gasteiger partial charge in [-0.05, 0) is 75.0 Å². The fourth-order valence-corrected chi connectivity index (χ4v) is 6.09. The average molecular weight is 358 g/mol. The first kappa shape index (κ1) is 16.5. The number of amides is 2. The van der Waals surface area contributed by atoms with Gasteiger partial charge in [-0.2, -0.15) is 0 Å². The summed E-state index contributed by atoms with van der Waals surface area (Å²) in [5.74, 6) is 0.240. The van der Waals surface area contributed by atoms with Gasteiger partial charge >= 0.3 is 6.03 Å². The lowest BCUT2D eigenvalue weighted by molar-refractivity contribution is 0.0314. The molecule has 140 valence electrons. The number of hydrogen-bond donors (Lipinski definition) is 1. The molecular weight excluding hydrogens is 331 g/mol. The molecule has 0 aromatic heterocycles. The molecule has 4 aliphatic rings. The van der Waals surface area contributed by atoms with Gasteiger partial charge in [-0.3, -0.25) is 0 Å². The Morgan fingerprint density at radius 1 is 0.846 bits per heavy atom. The standard InChI is InChI=1S/C21H27FN2O2/c22-15-3-1-13(2-4-15)14-9-16-5-6-17(10-14)23(16)21(26)24-18-7-8-19(24)12-20(25)11-18/h1-4,14,16-20,25H,5-12H2/t14?,16-,17+,18-,19+,20?. The zero-order valence-corrected chi connectivity index (χ0v) is 15.1. The Morgan fingerprint density at radius 2 is 1.31 bits per heavy atom. The van der Waals surface area contributed by atoms with Gasteiger partial charge in [0, 0.05) is 24.2 Å². The Morgan fingerprint density at radius 3 is 1.81 bits per heavy atom. The number of carbonyl (C=O) groups excluding carboxylic acids is 1. The molecule has 4 saturated heterocycles. The van der Waals surface area contributed by atoms with Gasteiger partial charge in [0.2, 0.25) is 0 Å². The summed E-state index contributed by atoms with van der Waals surface area (Å²) in [6.07, 6.45) is 7.45. The van der Waals surface area contributed by atoms with Crippen molar-refractivity contribution in [1.29, 1.82) is 0 Å². The minimum Gasteiger partial charge on any atom is -0.393 e. The molecule has 5 rings (SSSR count). The molecule has 1 aromatic carbocycles. The summed E-state index contributed by atoms with van der Waals surface area (Å²) in [5.41, 5.74) is 1.21. The van der Waals surface area contributed by atoms with Crippen LogP contribution in [0, 0.1) is 5.82 Å². The Bertz CT molecular complexity index is 666. The highest BCUT2D eigenvalue weighted by atomic mass is 19.1. The van der Waals surface area contributed by atoms with Gasteiger partial charge in [-0.1, -0.05) is 12.1 Å². The smallest absolute Gasteiger partial charge is 0.321 e. The van der Waals surface area contributed by atoms with E-state index in [2.05, 4.69) is 9.80 Å². The number of halogens is 1. The molecule has 0 spiro atoms. The molecule has 4 nitrogen and oxygen atoms in total. The highest BCUT2D eigenvalue weighted by Gasteiger charge is 2.50. The third-order valence-electron chi connectivity index (χ3n) is 7.22. The number of fused-ring (bicyclic) bond motifs is 4. The Kier molecular flexibility index (Phi) is 3.96. The molecule has 0 aliphatic carbocycles. The maximum Gasteiger partial charge on any atom is 0.321 e. The quantitative estimate of drug-likeness (QED) is 0.833. The lowest BCUT2D eigenvalue weighted by Crippen LogP contribution is -2.57. The molecule has 5 heteroatoms. The van der Waals surface area contributed by atoms with Crippen LogP contribution in [0.15, 0.2) is 24.3 Å². The molecule has 4 heterocycles. The summed E-state index contributed by atoms with van der Waals surface area (Å²) in [5, 5.41) is 10.0. The number of urea groups is 1. The predicted molar refractivity (Wildman–Crippen MR) is 96.3 cm³/mol. The molecule has 0 radical (unpaired) electrons. The number of aliphatic hydroxyl groups excluding tert-OH is 1. The van der Waals surface area contributed by atoms with Crippen LogP contribution in [0.3, 0.4) is 0 Å². The van der Waals surface area contributed by atoms with Gasteiger partial charge in [-0.15, -0.1) is 0 Å². The lowest BCUT2D eigenvalue weighted by atomic mass is 9.85. The van der Waals surface area contributed by atoms with Crippen molar-refractivity contribution in [1.82, 2.24) is 9.80 Å². The Balaban J connectivity index is 1.33. The number of aliphatic hydroxyl groups is 1. The van der Waals surface area contributed by atoms with Gasteiger partial charge in [0.15, 0.2) is 0 Å². The van der Waals surface area contributed by atoms with Crippen LogP contribution in [0.25, 0.3) is 0 Å². The maximum absolute atomic E-state index is 13.4. The maximum atomic E-state index is 13.4. The molecule has 4 aliphatic heterocycles. The molecule has 2 unspecified atom stereocenters. The van der Waals surface area contributed by atoms with Crippen molar-refractivity contribution in [3.05, 3.63) is 35.6 Å². The number of benzene rings is 1. The molecule has 6 atom stereocenters. The van der Waals surface area contributed by atoms with Crippen LogP contribution in [0.2, 0.25) is 0 Å². The van der Waals surface area contributed by atoms with Crippen molar-refractivity contribution in [3.8, 4) is 0 Å². The van der Waals surface area contributed by atoms with Crippen molar-refractivity contribution >= 4 is 6.03 Å². The molecular formula is C21H27FN2O2. The van der Waals surface area contributed by atoms with Gasteiger partial charge in [0.1, 0.15) is 5.82 Å². The first-order valence-electron chi connectivity index (χ1n) is 10.1. The van der Waals surface area contributed by atoms with Gasteiger partial charge in [0.25, 0.3) is 0 Å². The topological polar surface area (TPSA) is 43.8 Å². The van der Waals surface area contributed by atoms with E-state index in [1.54, 1.807) is 12.1 Å². The average Bonchev–Trinajstić information content (AvgIpc) is 3.05. The van der Waals surface area contributed by atoms with E-state index >= 15 is 0 Å². The van der Waals surface area contributed by atoms with Crippen LogP contribution in [0.1, 0.15) is 62.8 Å². The van der Waals surface area contributed by atoms with Crippen LogP contribution >= 0.6 is 0 Å². The SMILES string of the molecule is O=C(N1[C@@H]2CC[C@H]1CC(O)C2)N1[C@@H]2CC[C@H]1CC(c1ccc(F)cc1)C2. The first-order chi connectivity index (χ1) is 12.6. The van der Waals surface area contributed by atoms with Crippen molar-refractivity contribution < 1.29 is 14.3 Å².